The maximum Gasteiger partial charge on any atom is 0.252 e. The molecule has 110 valence electrons. The minimum atomic E-state index is -0.283. The topological polar surface area (TPSA) is 29.1 Å². The Kier molecular flexibility index (Phi) is 5.28. The Morgan fingerprint density at radius 3 is 2.62 bits per heavy atom. The van der Waals surface area contributed by atoms with Crippen LogP contribution in [0.25, 0.3) is 11.6 Å². The van der Waals surface area contributed by atoms with Gasteiger partial charge in [0, 0.05) is 10.9 Å². The molecule has 1 N–H and O–H groups in total. The molecule has 1 unspecified atom stereocenters. The van der Waals surface area contributed by atoms with Crippen LogP contribution in [0.2, 0.25) is 0 Å². The lowest BCUT2D eigenvalue weighted by atomic mass is 10.1. The molecular weight excluding hydrogens is 285 g/mol. The molecule has 0 radical (unpaired) electrons. The van der Waals surface area contributed by atoms with Gasteiger partial charge in [0.15, 0.2) is 0 Å². The van der Waals surface area contributed by atoms with E-state index in [0.717, 1.165) is 16.9 Å². The van der Waals surface area contributed by atoms with Gasteiger partial charge in [0.2, 0.25) is 0 Å². The van der Waals surface area contributed by atoms with Gasteiger partial charge >= 0.3 is 0 Å². The summed E-state index contributed by atoms with van der Waals surface area (Å²) in [5, 5.41) is 4.91. The average Bonchev–Trinajstić information content (AvgIpc) is 3.00. The van der Waals surface area contributed by atoms with Crippen molar-refractivity contribution in [1.82, 2.24) is 5.32 Å². The van der Waals surface area contributed by atoms with E-state index in [9.17, 15) is 9.18 Å². The van der Waals surface area contributed by atoms with Gasteiger partial charge in [-0.3, -0.25) is 4.79 Å². The molecular formula is C17H18FNOS. The van der Waals surface area contributed by atoms with Crippen LogP contribution in [0.5, 0.6) is 0 Å². The highest BCUT2D eigenvalue weighted by molar-refractivity contribution is 7.11. The lowest BCUT2D eigenvalue weighted by Crippen LogP contribution is -2.32. The van der Waals surface area contributed by atoms with Crippen molar-refractivity contribution in [1.29, 1.82) is 0 Å². The van der Waals surface area contributed by atoms with Crippen LogP contribution < -0.4 is 5.32 Å². The van der Waals surface area contributed by atoms with Crippen LogP contribution in [0.4, 0.5) is 4.39 Å². The molecule has 1 heterocycles. The maximum atomic E-state index is 13.0. The van der Waals surface area contributed by atoms with Gasteiger partial charge in [-0.1, -0.05) is 25.1 Å². The van der Waals surface area contributed by atoms with Crippen LogP contribution in [-0.4, -0.2) is 11.9 Å². The van der Waals surface area contributed by atoms with E-state index < -0.39 is 0 Å². The lowest BCUT2D eigenvalue weighted by Gasteiger charge is -2.13. The van der Waals surface area contributed by atoms with Crippen molar-refractivity contribution in [3.05, 3.63) is 58.0 Å². The maximum absolute atomic E-state index is 13.0. The Bertz CT molecular complexity index is 617. The monoisotopic (exact) mass is 303 g/mol. The number of hydrogen-bond donors (Lipinski definition) is 1. The summed E-state index contributed by atoms with van der Waals surface area (Å²) in [4.78, 5) is 13.3. The Labute approximate surface area is 128 Å². The van der Waals surface area contributed by atoms with Crippen molar-refractivity contribution in [2.75, 3.05) is 0 Å². The zero-order chi connectivity index (χ0) is 15.2. The highest BCUT2D eigenvalue weighted by atomic mass is 32.1. The van der Waals surface area contributed by atoms with E-state index in [1.165, 1.54) is 23.5 Å². The fourth-order valence-electron chi connectivity index (χ4n) is 1.81. The van der Waals surface area contributed by atoms with Crippen LogP contribution in [0.1, 0.15) is 30.7 Å². The number of rotatable bonds is 5. The number of carbonyl (C=O) groups excluding carboxylic acids is 1. The van der Waals surface area contributed by atoms with E-state index in [1.807, 2.05) is 31.4 Å². The molecule has 0 bridgehead atoms. The highest BCUT2D eigenvalue weighted by Gasteiger charge is 2.14. The van der Waals surface area contributed by atoms with Gasteiger partial charge in [0.25, 0.3) is 5.91 Å². The van der Waals surface area contributed by atoms with Crippen molar-refractivity contribution in [3.63, 3.8) is 0 Å². The number of hydrogen-bond acceptors (Lipinski definition) is 2. The fourth-order valence-corrected chi connectivity index (χ4v) is 2.55. The largest absolute Gasteiger partial charge is 0.350 e. The first-order chi connectivity index (χ1) is 10.1. The first-order valence-corrected chi connectivity index (χ1v) is 7.80. The van der Waals surface area contributed by atoms with Crippen LogP contribution in [0.3, 0.4) is 0 Å². The number of amides is 1. The van der Waals surface area contributed by atoms with E-state index in [1.54, 1.807) is 18.2 Å². The molecule has 4 heteroatoms. The smallest absolute Gasteiger partial charge is 0.252 e. The van der Waals surface area contributed by atoms with Crippen LogP contribution in [0, 0.1) is 5.82 Å². The molecule has 0 fully saturated rings. The Balaban J connectivity index is 2.32. The van der Waals surface area contributed by atoms with Gasteiger partial charge in [0.05, 0.1) is 5.57 Å². The third-order valence-corrected chi connectivity index (χ3v) is 4.11. The quantitative estimate of drug-likeness (QED) is 0.818. The summed E-state index contributed by atoms with van der Waals surface area (Å²) in [5.74, 6) is -0.384. The molecule has 2 rings (SSSR count). The number of benzene rings is 1. The minimum Gasteiger partial charge on any atom is -0.350 e. The molecule has 21 heavy (non-hydrogen) atoms. The van der Waals surface area contributed by atoms with Crippen molar-refractivity contribution in [3.8, 4) is 0 Å². The second-order valence-electron chi connectivity index (χ2n) is 4.87. The molecule has 0 saturated heterocycles. The van der Waals surface area contributed by atoms with E-state index in [4.69, 9.17) is 0 Å². The Morgan fingerprint density at radius 1 is 1.33 bits per heavy atom. The normalized spacial score (nSPS) is 13.0. The predicted molar refractivity (Wildman–Crippen MR) is 86.5 cm³/mol. The van der Waals surface area contributed by atoms with Gasteiger partial charge < -0.3 is 5.32 Å². The fraction of sp³-hybridized carbons (Fsp3) is 0.235. The summed E-state index contributed by atoms with van der Waals surface area (Å²) in [5.41, 5.74) is 1.41. The Morgan fingerprint density at radius 2 is 2.05 bits per heavy atom. The van der Waals surface area contributed by atoms with Crippen molar-refractivity contribution < 1.29 is 9.18 Å². The molecule has 1 aromatic carbocycles. The molecule has 0 aliphatic rings. The van der Waals surface area contributed by atoms with Crippen molar-refractivity contribution in [2.45, 2.75) is 26.3 Å². The highest BCUT2D eigenvalue weighted by Crippen LogP contribution is 2.23. The summed E-state index contributed by atoms with van der Waals surface area (Å²) in [6.07, 6.45) is 2.67. The SMILES string of the molecule is CCC(C)NC(=O)C(=Cc1ccc(F)cc1)c1cccs1. The summed E-state index contributed by atoms with van der Waals surface area (Å²) >= 11 is 1.51. The van der Waals surface area contributed by atoms with E-state index >= 15 is 0 Å². The van der Waals surface area contributed by atoms with E-state index in [-0.39, 0.29) is 17.8 Å². The van der Waals surface area contributed by atoms with Gasteiger partial charge in [-0.15, -0.1) is 11.3 Å². The second-order valence-corrected chi connectivity index (χ2v) is 5.82. The molecule has 0 aliphatic carbocycles. The van der Waals surface area contributed by atoms with Gasteiger partial charge in [0.1, 0.15) is 5.82 Å². The van der Waals surface area contributed by atoms with Gasteiger partial charge in [-0.25, -0.2) is 4.39 Å². The molecule has 2 aromatic rings. The molecule has 0 saturated carbocycles. The van der Waals surface area contributed by atoms with Gasteiger partial charge in [-0.2, -0.15) is 0 Å². The first-order valence-electron chi connectivity index (χ1n) is 6.92. The summed E-state index contributed by atoms with van der Waals surface area (Å²) in [7, 11) is 0. The van der Waals surface area contributed by atoms with E-state index in [0.29, 0.717) is 5.57 Å². The standard InChI is InChI=1S/C17H18FNOS/c1-3-12(2)19-17(20)15(16-5-4-10-21-16)11-13-6-8-14(18)9-7-13/h4-12H,3H2,1-2H3,(H,19,20). The first kappa shape index (κ1) is 15.4. The third kappa shape index (κ3) is 4.26. The van der Waals surface area contributed by atoms with Crippen LogP contribution in [-0.2, 0) is 4.79 Å². The third-order valence-electron chi connectivity index (χ3n) is 3.20. The number of nitrogens with one attached hydrogen (secondary N) is 1. The van der Waals surface area contributed by atoms with Gasteiger partial charge in [-0.05, 0) is 48.6 Å². The van der Waals surface area contributed by atoms with Crippen LogP contribution >= 0.6 is 11.3 Å². The Hall–Kier alpha value is -1.94. The van der Waals surface area contributed by atoms with Crippen molar-refractivity contribution >= 4 is 28.9 Å². The number of carbonyl (C=O) groups is 1. The molecule has 2 nitrogen and oxygen atoms in total. The van der Waals surface area contributed by atoms with E-state index in [2.05, 4.69) is 5.32 Å². The van der Waals surface area contributed by atoms with Crippen LogP contribution in [0.15, 0.2) is 41.8 Å². The lowest BCUT2D eigenvalue weighted by molar-refractivity contribution is -0.116. The molecule has 1 amide bonds. The average molecular weight is 303 g/mol. The van der Waals surface area contributed by atoms with Crippen molar-refractivity contribution in [2.24, 2.45) is 0 Å². The number of thiophene rings is 1. The second kappa shape index (κ2) is 7.18. The minimum absolute atomic E-state index is 0.101. The summed E-state index contributed by atoms with van der Waals surface area (Å²) < 4.78 is 13.0. The summed E-state index contributed by atoms with van der Waals surface area (Å²) in [6.45, 7) is 4.00. The molecule has 1 atom stereocenters. The molecule has 1 aromatic heterocycles. The summed E-state index contributed by atoms with van der Waals surface area (Å²) in [6, 6.07) is 10.1. The zero-order valence-electron chi connectivity index (χ0n) is 12.1. The molecule has 0 spiro atoms. The molecule has 0 aliphatic heterocycles. The zero-order valence-corrected chi connectivity index (χ0v) is 12.9. The number of halogens is 1. The predicted octanol–water partition coefficient (Wildman–Crippen LogP) is 4.34.